The third-order valence-corrected chi connectivity index (χ3v) is 5.12. The minimum atomic E-state index is -0.414. The van der Waals surface area contributed by atoms with Gasteiger partial charge in [-0.25, -0.2) is 4.98 Å². The number of rotatable bonds is 5. The van der Waals surface area contributed by atoms with Gasteiger partial charge in [-0.2, -0.15) is 5.10 Å². The van der Waals surface area contributed by atoms with E-state index in [0.717, 1.165) is 27.9 Å². The number of nitrogens with one attached hydrogen (secondary N) is 1. The van der Waals surface area contributed by atoms with Crippen LogP contribution in [0.2, 0.25) is 0 Å². The molecule has 4 rings (SSSR count). The number of hydrazone groups is 1. The number of benzene rings is 3. The largest absolute Gasteiger partial charge is 0.269 e. The molecule has 0 spiro atoms. The highest BCUT2D eigenvalue weighted by molar-refractivity contribution is 7.14. The fraction of sp³-hybridized carbons (Fsp3) is 0.0476. The molecule has 0 aliphatic rings. The van der Waals surface area contributed by atoms with Gasteiger partial charge >= 0.3 is 0 Å². The van der Waals surface area contributed by atoms with E-state index >= 15 is 0 Å². The van der Waals surface area contributed by atoms with Crippen molar-refractivity contribution < 1.29 is 4.92 Å². The molecular weight excluding hydrogens is 372 g/mol. The lowest BCUT2D eigenvalue weighted by Crippen LogP contribution is -2.00. The van der Waals surface area contributed by atoms with E-state index in [0.29, 0.717) is 5.13 Å². The maximum atomic E-state index is 10.8. The Morgan fingerprint density at radius 1 is 1.07 bits per heavy atom. The molecule has 0 bridgehead atoms. The SMILES string of the molecule is C/C(=N\Nc1nc(-c2ccc([N+](=O)[O-])cc2)cs1)c1cccc2ccccc12. The highest BCUT2D eigenvalue weighted by Gasteiger charge is 2.09. The molecule has 7 heteroatoms. The summed E-state index contributed by atoms with van der Waals surface area (Å²) in [7, 11) is 0. The molecule has 3 aromatic carbocycles. The van der Waals surface area contributed by atoms with Gasteiger partial charge in [0.25, 0.3) is 5.69 Å². The Morgan fingerprint density at radius 2 is 1.82 bits per heavy atom. The molecular formula is C21H16N4O2S. The van der Waals surface area contributed by atoms with Crippen molar-refractivity contribution in [2.24, 2.45) is 5.10 Å². The van der Waals surface area contributed by atoms with E-state index in [1.54, 1.807) is 12.1 Å². The summed E-state index contributed by atoms with van der Waals surface area (Å²) < 4.78 is 0. The van der Waals surface area contributed by atoms with Crippen LogP contribution in [0.3, 0.4) is 0 Å². The standard InChI is InChI=1S/C21H16N4O2S/c1-14(18-8-4-6-15-5-2-3-7-19(15)18)23-24-21-22-20(13-28-21)16-9-11-17(12-10-16)25(26)27/h2-13H,1H3,(H,22,24)/b23-14+. The van der Waals surface area contributed by atoms with E-state index < -0.39 is 4.92 Å². The van der Waals surface area contributed by atoms with Gasteiger partial charge in [-0.3, -0.25) is 15.5 Å². The summed E-state index contributed by atoms with van der Waals surface area (Å²) in [4.78, 5) is 14.9. The Morgan fingerprint density at radius 3 is 2.61 bits per heavy atom. The van der Waals surface area contributed by atoms with E-state index in [-0.39, 0.29) is 5.69 Å². The lowest BCUT2D eigenvalue weighted by atomic mass is 10.0. The number of anilines is 1. The Hall–Kier alpha value is -3.58. The van der Waals surface area contributed by atoms with E-state index in [4.69, 9.17) is 0 Å². The molecule has 0 unspecified atom stereocenters. The molecule has 138 valence electrons. The molecule has 0 atom stereocenters. The first-order chi connectivity index (χ1) is 13.6. The van der Waals surface area contributed by atoms with E-state index in [9.17, 15) is 10.1 Å². The molecule has 1 heterocycles. The van der Waals surface area contributed by atoms with Crippen molar-refractivity contribution in [3.05, 3.63) is 87.8 Å². The first-order valence-electron chi connectivity index (χ1n) is 8.60. The average molecular weight is 388 g/mol. The first kappa shape index (κ1) is 17.8. The lowest BCUT2D eigenvalue weighted by Gasteiger charge is -2.06. The van der Waals surface area contributed by atoms with Crippen LogP contribution in [0.4, 0.5) is 10.8 Å². The Labute approximate surface area is 165 Å². The summed E-state index contributed by atoms with van der Waals surface area (Å²) in [6, 6.07) is 20.7. The van der Waals surface area contributed by atoms with Crippen LogP contribution in [0.1, 0.15) is 12.5 Å². The quantitative estimate of drug-likeness (QED) is 0.270. The summed E-state index contributed by atoms with van der Waals surface area (Å²) in [5, 5.41) is 20.1. The second kappa shape index (κ2) is 7.58. The van der Waals surface area contributed by atoms with Crippen molar-refractivity contribution in [1.82, 2.24) is 4.98 Å². The monoisotopic (exact) mass is 388 g/mol. The summed E-state index contributed by atoms with van der Waals surface area (Å²) in [6.07, 6.45) is 0. The Bertz CT molecular complexity index is 1180. The van der Waals surface area contributed by atoms with Gasteiger partial charge in [-0.15, -0.1) is 11.3 Å². The zero-order valence-electron chi connectivity index (χ0n) is 15.0. The second-order valence-corrected chi connectivity index (χ2v) is 7.04. The van der Waals surface area contributed by atoms with Crippen LogP contribution in [-0.2, 0) is 0 Å². The number of nitro benzene ring substituents is 1. The first-order valence-corrected chi connectivity index (χ1v) is 9.48. The highest BCUT2D eigenvalue weighted by Crippen LogP contribution is 2.27. The molecule has 1 N–H and O–H groups in total. The molecule has 4 aromatic rings. The van der Waals surface area contributed by atoms with Crippen LogP contribution in [-0.4, -0.2) is 15.6 Å². The number of thiazole rings is 1. The molecule has 6 nitrogen and oxygen atoms in total. The van der Waals surface area contributed by atoms with Gasteiger partial charge < -0.3 is 0 Å². The van der Waals surface area contributed by atoms with Crippen LogP contribution < -0.4 is 5.43 Å². The zero-order valence-corrected chi connectivity index (χ0v) is 15.8. The third kappa shape index (κ3) is 3.60. The molecule has 1 aromatic heterocycles. The number of nitrogens with zero attached hydrogens (tertiary/aromatic N) is 3. The maximum Gasteiger partial charge on any atom is 0.269 e. The Kier molecular flexibility index (Phi) is 4.82. The van der Waals surface area contributed by atoms with Crippen LogP contribution >= 0.6 is 11.3 Å². The van der Waals surface area contributed by atoms with Crippen molar-refractivity contribution in [2.75, 3.05) is 5.43 Å². The summed E-state index contributed by atoms with van der Waals surface area (Å²) in [6.45, 7) is 1.96. The molecule has 0 aliphatic heterocycles. The van der Waals surface area contributed by atoms with Gasteiger partial charge in [0.05, 0.1) is 16.3 Å². The molecule has 0 aliphatic carbocycles. The van der Waals surface area contributed by atoms with Crippen molar-refractivity contribution in [2.45, 2.75) is 6.92 Å². The zero-order chi connectivity index (χ0) is 19.5. The smallest absolute Gasteiger partial charge is 0.258 e. The van der Waals surface area contributed by atoms with E-state index in [2.05, 4.69) is 33.7 Å². The van der Waals surface area contributed by atoms with Crippen LogP contribution in [0.25, 0.3) is 22.0 Å². The average Bonchev–Trinajstić information content (AvgIpc) is 3.20. The highest BCUT2D eigenvalue weighted by atomic mass is 32.1. The third-order valence-electron chi connectivity index (χ3n) is 4.38. The fourth-order valence-corrected chi connectivity index (χ4v) is 3.61. The van der Waals surface area contributed by atoms with Crippen molar-refractivity contribution in [1.29, 1.82) is 0 Å². The number of fused-ring (bicyclic) bond motifs is 1. The van der Waals surface area contributed by atoms with Gasteiger partial charge in [-0.05, 0) is 29.8 Å². The fourth-order valence-electron chi connectivity index (χ4n) is 2.94. The summed E-state index contributed by atoms with van der Waals surface area (Å²) in [5.74, 6) is 0. The predicted molar refractivity (Wildman–Crippen MR) is 114 cm³/mol. The van der Waals surface area contributed by atoms with Gasteiger partial charge in [0.15, 0.2) is 0 Å². The number of aromatic nitrogens is 1. The van der Waals surface area contributed by atoms with Crippen molar-refractivity contribution in [3.8, 4) is 11.3 Å². The predicted octanol–water partition coefficient (Wildman–Crippen LogP) is 5.71. The van der Waals surface area contributed by atoms with E-state index in [1.807, 2.05) is 36.6 Å². The molecule has 0 saturated carbocycles. The molecule has 0 saturated heterocycles. The molecule has 0 fully saturated rings. The number of nitro groups is 1. The van der Waals surface area contributed by atoms with E-state index in [1.165, 1.54) is 28.9 Å². The van der Waals surface area contributed by atoms with Crippen LogP contribution in [0, 0.1) is 10.1 Å². The van der Waals surface area contributed by atoms with Gasteiger partial charge in [0, 0.05) is 28.6 Å². The molecule has 0 radical (unpaired) electrons. The Balaban J connectivity index is 1.54. The van der Waals surface area contributed by atoms with Crippen LogP contribution in [0.5, 0.6) is 0 Å². The van der Waals surface area contributed by atoms with Crippen LogP contribution in [0.15, 0.2) is 77.2 Å². The summed E-state index contributed by atoms with van der Waals surface area (Å²) >= 11 is 1.43. The van der Waals surface area contributed by atoms with Gasteiger partial charge in [0.1, 0.15) is 0 Å². The lowest BCUT2D eigenvalue weighted by molar-refractivity contribution is -0.384. The minimum absolute atomic E-state index is 0.0626. The number of non-ortho nitro benzene ring substituents is 1. The summed E-state index contributed by atoms with van der Waals surface area (Å²) in [5.41, 5.74) is 6.58. The number of hydrogen-bond donors (Lipinski definition) is 1. The van der Waals surface area contributed by atoms with Crippen molar-refractivity contribution in [3.63, 3.8) is 0 Å². The van der Waals surface area contributed by atoms with Crippen molar-refractivity contribution >= 4 is 38.6 Å². The number of hydrogen-bond acceptors (Lipinski definition) is 6. The second-order valence-electron chi connectivity index (χ2n) is 6.18. The maximum absolute atomic E-state index is 10.8. The van der Waals surface area contributed by atoms with Gasteiger partial charge in [-0.1, -0.05) is 42.5 Å². The van der Waals surface area contributed by atoms with Gasteiger partial charge in [0.2, 0.25) is 5.13 Å². The molecule has 28 heavy (non-hydrogen) atoms. The normalized spacial score (nSPS) is 11.5. The minimum Gasteiger partial charge on any atom is -0.258 e. The topological polar surface area (TPSA) is 80.4 Å². The molecule has 0 amide bonds.